The fourth-order valence-corrected chi connectivity index (χ4v) is 2.07. The highest BCUT2D eigenvalue weighted by Crippen LogP contribution is 2.31. The molecule has 0 saturated carbocycles. The van der Waals surface area contributed by atoms with Gasteiger partial charge >= 0.3 is 0 Å². The minimum absolute atomic E-state index is 0.0233. The van der Waals surface area contributed by atoms with Crippen molar-refractivity contribution >= 4 is 40.5 Å². The Labute approximate surface area is 124 Å². The van der Waals surface area contributed by atoms with E-state index in [1.165, 1.54) is 6.20 Å². The molecular formula is C13H10Cl2FN3O. The van der Waals surface area contributed by atoms with Crippen molar-refractivity contribution in [2.75, 3.05) is 17.7 Å². The van der Waals surface area contributed by atoms with Crippen LogP contribution in [-0.4, -0.2) is 17.9 Å². The number of hydrogen-bond donors (Lipinski definition) is 2. The van der Waals surface area contributed by atoms with Gasteiger partial charge in [0.05, 0.1) is 27.6 Å². The predicted molar refractivity (Wildman–Crippen MR) is 78.2 cm³/mol. The van der Waals surface area contributed by atoms with Gasteiger partial charge in [-0.3, -0.25) is 4.79 Å². The van der Waals surface area contributed by atoms with E-state index in [1.807, 2.05) is 0 Å². The summed E-state index contributed by atoms with van der Waals surface area (Å²) < 4.78 is 13.1. The molecule has 1 aromatic carbocycles. The number of nitrogens with zero attached hydrogens (tertiary/aromatic N) is 1. The zero-order valence-electron chi connectivity index (χ0n) is 10.4. The molecule has 0 fully saturated rings. The van der Waals surface area contributed by atoms with Crippen LogP contribution in [0.2, 0.25) is 10.0 Å². The van der Waals surface area contributed by atoms with E-state index < -0.39 is 11.7 Å². The molecule has 1 amide bonds. The number of rotatable bonds is 3. The first-order valence-electron chi connectivity index (χ1n) is 5.61. The number of carbonyl (C=O) groups is 1. The SMILES string of the molecule is CNc1ccc(C(=O)Nc2c(Cl)cc(F)cc2Cl)nc1. The summed E-state index contributed by atoms with van der Waals surface area (Å²) in [6.07, 6.45) is 1.52. The number of amides is 1. The van der Waals surface area contributed by atoms with E-state index in [1.54, 1.807) is 19.2 Å². The Balaban J connectivity index is 2.23. The van der Waals surface area contributed by atoms with E-state index in [0.29, 0.717) is 0 Å². The van der Waals surface area contributed by atoms with E-state index in [0.717, 1.165) is 17.8 Å². The first-order valence-corrected chi connectivity index (χ1v) is 6.36. The molecule has 2 N–H and O–H groups in total. The van der Waals surface area contributed by atoms with Crippen molar-refractivity contribution in [3.8, 4) is 0 Å². The van der Waals surface area contributed by atoms with Crippen LogP contribution in [0.1, 0.15) is 10.5 Å². The van der Waals surface area contributed by atoms with Crippen LogP contribution in [0.3, 0.4) is 0 Å². The van der Waals surface area contributed by atoms with Gasteiger partial charge in [-0.2, -0.15) is 0 Å². The van der Waals surface area contributed by atoms with Crippen LogP contribution in [0, 0.1) is 5.82 Å². The van der Waals surface area contributed by atoms with Crippen molar-refractivity contribution in [2.45, 2.75) is 0 Å². The Bertz CT molecular complexity index is 624. The monoisotopic (exact) mass is 313 g/mol. The van der Waals surface area contributed by atoms with Gasteiger partial charge in [0.1, 0.15) is 11.5 Å². The van der Waals surface area contributed by atoms with Crippen LogP contribution in [0.5, 0.6) is 0 Å². The Morgan fingerprint density at radius 1 is 1.25 bits per heavy atom. The molecule has 0 atom stereocenters. The van der Waals surface area contributed by atoms with Gasteiger partial charge in [0.25, 0.3) is 5.91 Å². The predicted octanol–water partition coefficient (Wildman–Crippen LogP) is 3.82. The van der Waals surface area contributed by atoms with Gasteiger partial charge < -0.3 is 10.6 Å². The molecule has 2 rings (SSSR count). The van der Waals surface area contributed by atoms with E-state index in [9.17, 15) is 9.18 Å². The van der Waals surface area contributed by atoms with E-state index in [4.69, 9.17) is 23.2 Å². The molecule has 0 unspecified atom stereocenters. The molecule has 0 aliphatic heterocycles. The fourth-order valence-electron chi connectivity index (χ4n) is 1.52. The first-order chi connectivity index (χ1) is 9.51. The topological polar surface area (TPSA) is 54.0 Å². The molecule has 0 radical (unpaired) electrons. The number of nitrogens with one attached hydrogen (secondary N) is 2. The minimum Gasteiger partial charge on any atom is -0.387 e. The average molecular weight is 314 g/mol. The standard InChI is InChI=1S/C13H10Cl2FN3O/c1-17-8-2-3-11(18-6-8)13(20)19-12-9(14)4-7(16)5-10(12)15/h2-6,17H,1H3,(H,19,20). The molecule has 20 heavy (non-hydrogen) atoms. The second-order valence-electron chi connectivity index (χ2n) is 3.88. The molecule has 0 spiro atoms. The molecule has 0 bridgehead atoms. The molecule has 2 aromatic rings. The smallest absolute Gasteiger partial charge is 0.274 e. The van der Waals surface area contributed by atoms with Crippen molar-refractivity contribution < 1.29 is 9.18 Å². The lowest BCUT2D eigenvalue weighted by Crippen LogP contribution is -2.14. The zero-order chi connectivity index (χ0) is 14.7. The van der Waals surface area contributed by atoms with Crippen LogP contribution in [0.25, 0.3) is 0 Å². The number of aromatic nitrogens is 1. The molecule has 1 aromatic heterocycles. The highest BCUT2D eigenvalue weighted by molar-refractivity contribution is 6.40. The number of anilines is 2. The number of carbonyl (C=O) groups excluding carboxylic acids is 1. The highest BCUT2D eigenvalue weighted by Gasteiger charge is 2.14. The number of hydrogen-bond acceptors (Lipinski definition) is 3. The molecule has 0 saturated heterocycles. The third kappa shape index (κ3) is 3.18. The largest absolute Gasteiger partial charge is 0.387 e. The normalized spacial score (nSPS) is 10.2. The van der Waals surface area contributed by atoms with Gasteiger partial charge in [-0.15, -0.1) is 0 Å². The summed E-state index contributed by atoms with van der Waals surface area (Å²) in [5, 5.41) is 5.44. The van der Waals surface area contributed by atoms with Gasteiger partial charge in [0, 0.05) is 7.05 Å². The molecule has 104 valence electrons. The summed E-state index contributed by atoms with van der Waals surface area (Å²) >= 11 is 11.7. The molecular weight excluding hydrogens is 304 g/mol. The Morgan fingerprint density at radius 2 is 1.90 bits per heavy atom. The summed E-state index contributed by atoms with van der Waals surface area (Å²) in [5.41, 5.74) is 1.12. The van der Waals surface area contributed by atoms with Gasteiger partial charge in [-0.25, -0.2) is 9.37 Å². The first kappa shape index (κ1) is 14.6. The van der Waals surface area contributed by atoms with Crippen molar-refractivity contribution in [3.05, 3.63) is 52.0 Å². The maximum absolute atomic E-state index is 13.1. The van der Waals surface area contributed by atoms with E-state index in [-0.39, 0.29) is 21.4 Å². The van der Waals surface area contributed by atoms with Gasteiger partial charge in [0.15, 0.2) is 0 Å². The molecule has 4 nitrogen and oxygen atoms in total. The van der Waals surface area contributed by atoms with Crippen molar-refractivity contribution in [1.82, 2.24) is 4.98 Å². The second-order valence-corrected chi connectivity index (χ2v) is 4.70. The van der Waals surface area contributed by atoms with Crippen LogP contribution in [-0.2, 0) is 0 Å². The Hall–Kier alpha value is -1.85. The third-order valence-electron chi connectivity index (χ3n) is 2.53. The fraction of sp³-hybridized carbons (Fsp3) is 0.0769. The molecule has 7 heteroatoms. The lowest BCUT2D eigenvalue weighted by atomic mass is 10.2. The third-order valence-corrected chi connectivity index (χ3v) is 3.13. The molecule has 1 heterocycles. The van der Waals surface area contributed by atoms with Crippen LogP contribution in [0.4, 0.5) is 15.8 Å². The Kier molecular flexibility index (Phi) is 4.42. The number of pyridine rings is 1. The molecule has 0 aliphatic carbocycles. The minimum atomic E-state index is -0.575. The van der Waals surface area contributed by atoms with Crippen molar-refractivity contribution in [1.29, 1.82) is 0 Å². The summed E-state index contributed by atoms with van der Waals surface area (Å²) in [5.74, 6) is -1.06. The molecule has 0 aliphatic rings. The van der Waals surface area contributed by atoms with Crippen molar-refractivity contribution in [3.63, 3.8) is 0 Å². The highest BCUT2D eigenvalue weighted by atomic mass is 35.5. The van der Waals surface area contributed by atoms with Gasteiger partial charge in [-0.05, 0) is 24.3 Å². The maximum atomic E-state index is 13.1. The zero-order valence-corrected chi connectivity index (χ0v) is 11.9. The second kappa shape index (κ2) is 6.07. The van der Waals surface area contributed by atoms with Crippen LogP contribution < -0.4 is 10.6 Å². The summed E-state index contributed by atoms with van der Waals surface area (Å²) in [7, 11) is 1.74. The summed E-state index contributed by atoms with van der Waals surface area (Å²) in [6, 6.07) is 5.39. The average Bonchev–Trinajstić information content (AvgIpc) is 2.42. The summed E-state index contributed by atoms with van der Waals surface area (Å²) in [6.45, 7) is 0. The van der Waals surface area contributed by atoms with Crippen LogP contribution >= 0.6 is 23.2 Å². The van der Waals surface area contributed by atoms with E-state index in [2.05, 4.69) is 15.6 Å². The lowest BCUT2D eigenvalue weighted by Gasteiger charge is -2.09. The lowest BCUT2D eigenvalue weighted by molar-refractivity contribution is 0.102. The quantitative estimate of drug-likeness (QED) is 0.905. The van der Waals surface area contributed by atoms with Crippen molar-refractivity contribution in [2.24, 2.45) is 0 Å². The van der Waals surface area contributed by atoms with Gasteiger partial charge in [0.2, 0.25) is 0 Å². The number of benzene rings is 1. The number of halogens is 3. The Morgan fingerprint density at radius 3 is 2.40 bits per heavy atom. The van der Waals surface area contributed by atoms with Crippen LogP contribution in [0.15, 0.2) is 30.5 Å². The van der Waals surface area contributed by atoms with E-state index >= 15 is 0 Å². The maximum Gasteiger partial charge on any atom is 0.274 e. The van der Waals surface area contributed by atoms with Gasteiger partial charge in [-0.1, -0.05) is 23.2 Å². The summed E-state index contributed by atoms with van der Waals surface area (Å²) in [4.78, 5) is 16.0.